The second-order valence-electron chi connectivity index (χ2n) is 3.15. The molecule has 1 nitrogen and oxygen atoms in total. The van der Waals surface area contributed by atoms with Gasteiger partial charge in [0.05, 0.1) is 0 Å². The smallest absolute Gasteiger partial charge is 0.0366 e. The standard InChI is InChI=1S/C11H13NS2/c1-2-13-6-8-7-14-11-5-9(12)3-4-10(8)11/h3-5,7H,2,6,12H2,1H3. The van der Waals surface area contributed by atoms with Crippen LogP contribution in [-0.4, -0.2) is 5.75 Å². The molecule has 0 aliphatic heterocycles. The van der Waals surface area contributed by atoms with E-state index < -0.39 is 0 Å². The van der Waals surface area contributed by atoms with Crippen LogP contribution >= 0.6 is 23.1 Å². The third-order valence-electron chi connectivity index (χ3n) is 2.14. The zero-order valence-corrected chi connectivity index (χ0v) is 9.75. The molecule has 0 bridgehead atoms. The summed E-state index contributed by atoms with van der Waals surface area (Å²) in [6, 6.07) is 6.17. The number of thioether (sulfide) groups is 1. The molecule has 1 aromatic heterocycles. The summed E-state index contributed by atoms with van der Waals surface area (Å²) in [5.74, 6) is 2.28. The van der Waals surface area contributed by atoms with Gasteiger partial charge in [-0.1, -0.05) is 13.0 Å². The zero-order chi connectivity index (χ0) is 9.97. The van der Waals surface area contributed by atoms with Crippen LogP contribution in [0.25, 0.3) is 10.1 Å². The monoisotopic (exact) mass is 223 g/mol. The van der Waals surface area contributed by atoms with Crippen LogP contribution in [0.1, 0.15) is 12.5 Å². The summed E-state index contributed by atoms with van der Waals surface area (Å²) in [5, 5.41) is 3.61. The van der Waals surface area contributed by atoms with Gasteiger partial charge in [-0.2, -0.15) is 11.8 Å². The van der Waals surface area contributed by atoms with E-state index in [0.717, 1.165) is 11.4 Å². The molecule has 0 unspecified atom stereocenters. The SMILES string of the molecule is CCSCc1csc2cc(N)ccc12. The molecule has 2 rings (SSSR count). The molecular formula is C11H13NS2. The van der Waals surface area contributed by atoms with Crippen LogP contribution in [0.15, 0.2) is 23.6 Å². The van der Waals surface area contributed by atoms with Crippen LogP contribution < -0.4 is 5.73 Å². The van der Waals surface area contributed by atoms with Gasteiger partial charge in [0.1, 0.15) is 0 Å². The molecule has 74 valence electrons. The van der Waals surface area contributed by atoms with E-state index in [-0.39, 0.29) is 0 Å². The van der Waals surface area contributed by atoms with Gasteiger partial charge in [-0.15, -0.1) is 11.3 Å². The number of rotatable bonds is 3. The van der Waals surface area contributed by atoms with Crippen LogP contribution in [0, 0.1) is 0 Å². The molecule has 0 atom stereocenters. The zero-order valence-electron chi connectivity index (χ0n) is 8.12. The maximum atomic E-state index is 5.73. The lowest BCUT2D eigenvalue weighted by molar-refractivity contribution is 1.45. The van der Waals surface area contributed by atoms with Crippen molar-refractivity contribution in [3.05, 3.63) is 29.1 Å². The van der Waals surface area contributed by atoms with E-state index in [0.29, 0.717) is 0 Å². The van der Waals surface area contributed by atoms with Gasteiger partial charge in [-0.25, -0.2) is 0 Å². The van der Waals surface area contributed by atoms with Crippen molar-refractivity contribution in [1.29, 1.82) is 0 Å². The molecule has 0 radical (unpaired) electrons. The van der Waals surface area contributed by atoms with E-state index in [4.69, 9.17) is 5.73 Å². The summed E-state index contributed by atoms with van der Waals surface area (Å²) in [6.45, 7) is 2.19. The van der Waals surface area contributed by atoms with Gasteiger partial charge in [-0.3, -0.25) is 0 Å². The largest absolute Gasteiger partial charge is 0.399 e. The minimum absolute atomic E-state index is 0.856. The third kappa shape index (κ3) is 1.88. The van der Waals surface area contributed by atoms with Gasteiger partial charge in [0.15, 0.2) is 0 Å². The van der Waals surface area contributed by atoms with Crippen LogP contribution in [0.5, 0.6) is 0 Å². The van der Waals surface area contributed by atoms with Gasteiger partial charge in [0.2, 0.25) is 0 Å². The minimum Gasteiger partial charge on any atom is -0.399 e. The highest BCUT2D eigenvalue weighted by Gasteiger charge is 2.03. The van der Waals surface area contributed by atoms with Crippen molar-refractivity contribution in [1.82, 2.24) is 0 Å². The van der Waals surface area contributed by atoms with Crippen molar-refractivity contribution in [3.8, 4) is 0 Å². The molecule has 0 aliphatic rings. The molecule has 1 heterocycles. The van der Waals surface area contributed by atoms with E-state index in [1.165, 1.54) is 21.4 Å². The molecule has 3 heteroatoms. The third-order valence-corrected chi connectivity index (χ3v) is 4.06. The number of anilines is 1. The lowest BCUT2D eigenvalue weighted by Crippen LogP contribution is -1.83. The fourth-order valence-electron chi connectivity index (χ4n) is 1.42. The molecule has 2 aromatic rings. The molecule has 0 spiro atoms. The Morgan fingerprint density at radius 1 is 1.43 bits per heavy atom. The Kier molecular flexibility index (Phi) is 2.99. The molecule has 1 aromatic carbocycles. The number of benzene rings is 1. The molecular weight excluding hydrogens is 210 g/mol. The number of thiophene rings is 1. The fourth-order valence-corrected chi connectivity index (χ4v) is 3.20. The summed E-state index contributed by atoms with van der Waals surface area (Å²) < 4.78 is 1.30. The lowest BCUT2D eigenvalue weighted by atomic mass is 10.2. The Hall–Kier alpha value is -0.670. The maximum absolute atomic E-state index is 5.73. The molecule has 0 fully saturated rings. The van der Waals surface area contributed by atoms with Crippen molar-refractivity contribution >= 4 is 38.9 Å². The first-order chi connectivity index (χ1) is 6.81. The van der Waals surface area contributed by atoms with Gasteiger partial charge < -0.3 is 5.73 Å². The Balaban J connectivity index is 2.37. The van der Waals surface area contributed by atoms with Crippen LogP contribution in [0.4, 0.5) is 5.69 Å². The Morgan fingerprint density at radius 3 is 3.07 bits per heavy atom. The molecule has 0 saturated carbocycles. The quantitative estimate of drug-likeness (QED) is 0.802. The maximum Gasteiger partial charge on any atom is 0.0366 e. The second-order valence-corrected chi connectivity index (χ2v) is 5.34. The van der Waals surface area contributed by atoms with Gasteiger partial charge in [-0.05, 0) is 34.2 Å². The van der Waals surface area contributed by atoms with E-state index in [9.17, 15) is 0 Å². The minimum atomic E-state index is 0.856. The van der Waals surface area contributed by atoms with Gasteiger partial charge in [0, 0.05) is 16.1 Å². The molecule has 0 aliphatic carbocycles. The first kappa shape index (κ1) is 9.87. The Labute approximate surface area is 92.3 Å². The normalized spacial score (nSPS) is 10.9. The molecule has 14 heavy (non-hydrogen) atoms. The average molecular weight is 223 g/mol. The van der Waals surface area contributed by atoms with Crippen LogP contribution in [0.2, 0.25) is 0 Å². The lowest BCUT2D eigenvalue weighted by Gasteiger charge is -1.98. The van der Waals surface area contributed by atoms with Crippen LogP contribution in [-0.2, 0) is 5.75 Å². The van der Waals surface area contributed by atoms with E-state index in [2.05, 4.69) is 24.4 Å². The number of fused-ring (bicyclic) bond motifs is 1. The molecule has 0 saturated heterocycles. The van der Waals surface area contributed by atoms with Crippen molar-refractivity contribution < 1.29 is 0 Å². The average Bonchev–Trinajstić information content (AvgIpc) is 2.57. The fraction of sp³-hybridized carbons (Fsp3) is 0.273. The highest BCUT2D eigenvalue weighted by molar-refractivity contribution is 7.98. The summed E-state index contributed by atoms with van der Waals surface area (Å²) >= 11 is 3.75. The van der Waals surface area contributed by atoms with Gasteiger partial charge in [0.25, 0.3) is 0 Å². The Bertz CT molecular complexity index is 434. The van der Waals surface area contributed by atoms with E-state index >= 15 is 0 Å². The number of nitrogens with two attached hydrogens (primary N) is 1. The van der Waals surface area contributed by atoms with E-state index in [1.54, 1.807) is 11.3 Å². The summed E-state index contributed by atoms with van der Waals surface area (Å²) in [6.07, 6.45) is 0. The Morgan fingerprint density at radius 2 is 2.29 bits per heavy atom. The van der Waals surface area contributed by atoms with Crippen molar-refractivity contribution in [2.24, 2.45) is 0 Å². The summed E-state index contributed by atoms with van der Waals surface area (Å²) in [5.41, 5.74) is 8.03. The van der Waals surface area contributed by atoms with Crippen molar-refractivity contribution in [2.75, 3.05) is 11.5 Å². The van der Waals surface area contributed by atoms with E-state index in [1.807, 2.05) is 17.8 Å². The molecule has 2 N–H and O–H groups in total. The highest BCUT2D eigenvalue weighted by Crippen LogP contribution is 2.30. The molecule has 0 amide bonds. The van der Waals surface area contributed by atoms with Gasteiger partial charge >= 0.3 is 0 Å². The highest BCUT2D eigenvalue weighted by atomic mass is 32.2. The number of nitrogen functional groups attached to an aromatic ring is 1. The predicted octanol–water partition coefficient (Wildman–Crippen LogP) is 3.74. The first-order valence-electron chi connectivity index (χ1n) is 4.64. The topological polar surface area (TPSA) is 26.0 Å². The number of hydrogen-bond acceptors (Lipinski definition) is 3. The first-order valence-corrected chi connectivity index (χ1v) is 6.68. The summed E-state index contributed by atoms with van der Waals surface area (Å²) in [7, 11) is 0. The number of hydrogen-bond donors (Lipinski definition) is 1. The predicted molar refractivity (Wildman–Crippen MR) is 68.1 cm³/mol. The summed E-state index contributed by atoms with van der Waals surface area (Å²) in [4.78, 5) is 0. The van der Waals surface area contributed by atoms with Crippen molar-refractivity contribution in [2.45, 2.75) is 12.7 Å². The van der Waals surface area contributed by atoms with Crippen LogP contribution in [0.3, 0.4) is 0 Å². The van der Waals surface area contributed by atoms with Crippen molar-refractivity contribution in [3.63, 3.8) is 0 Å². The second kappa shape index (κ2) is 4.24.